The summed E-state index contributed by atoms with van der Waals surface area (Å²) < 4.78 is 6.04. The van der Waals surface area contributed by atoms with Crippen LogP contribution in [0.2, 0.25) is 0 Å². The Morgan fingerprint density at radius 3 is 2.67 bits per heavy atom. The van der Waals surface area contributed by atoms with Crippen molar-refractivity contribution in [1.82, 2.24) is 0 Å². The molecule has 1 unspecified atom stereocenters. The maximum atomic E-state index is 12.7. The van der Waals surface area contributed by atoms with Crippen molar-refractivity contribution in [2.75, 3.05) is 12.4 Å². The SMILES string of the molecule is CCSc1ccc(C(=O)C2CCOC3(CCCC3)C2)cc1. The minimum atomic E-state index is 0.0244. The second-order valence-electron chi connectivity index (χ2n) is 6.25. The summed E-state index contributed by atoms with van der Waals surface area (Å²) in [6.07, 6.45) is 6.60. The number of carbonyl (C=O) groups is 1. The molecule has 2 nitrogen and oxygen atoms in total. The summed E-state index contributed by atoms with van der Waals surface area (Å²) >= 11 is 1.82. The Balaban J connectivity index is 1.69. The van der Waals surface area contributed by atoms with Crippen LogP contribution in [-0.4, -0.2) is 23.7 Å². The molecule has 1 spiro atoms. The lowest BCUT2D eigenvalue weighted by atomic mass is 9.81. The number of rotatable bonds is 4. The van der Waals surface area contributed by atoms with Crippen molar-refractivity contribution in [3.05, 3.63) is 29.8 Å². The smallest absolute Gasteiger partial charge is 0.166 e. The molecule has 1 aliphatic heterocycles. The van der Waals surface area contributed by atoms with Crippen LogP contribution in [0.1, 0.15) is 55.8 Å². The van der Waals surface area contributed by atoms with Crippen LogP contribution < -0.4 is 0 Å². The van der Waals surface area contributed by atoms with Crippen LogP contribution in [0.4, 0.5) is 0 Å². The second-order valence-corrected chi connectivity index (χ2v) is 7.59. The number of hydrogen-bond acceptors (Lipinski definition) is 3. The lowest BCUT2D eigenvalue weighted by Crippen LogP contribution is -2.39. The van der Waals surface area contributed by atoms with Crippen LogP contribution in [0.25, 0.3) is 0 Å². The van der Waals surface area contributed by atoms with E-state index >= 15 is 0 Å². The average molecular weight is 304 g/mol. The molecule has 1 aliphatic carbocycles. The molecule has 114 valence electrons. The van der Waals surface area contributed by atoms with Crippen molar-refractivity contribution in [2.24, 2.45) is 5.92 Å². The van der Waals surface area contributed by atoms with E-state index in [0.717, 1.165) is 43.6 Å². The summed E-state index contributed by atoms with van der Waals surface area (Å²) in [5, 5.41) is 0. The Labute approximate surface area is 131 Å². The molecule has 0 radical (unpaired) electrons. The van der Waals surface area contributed by atoms with Crippen LogP contribution >= 0.6 is 11.8 Å². The number of hydrogen-bond donors (Lipinski definition) is 0. The van der Waals surface area contributed by atoms with E-state index < -0.39 is 0 Å². The molecule has 1 saturated heterocycles. The van der Waals surface area contributed by atoms with Crippen molar-refractivity contribution in [1.29, 1.82) is 0 Å². The van der Waals surface area contributed by atoms with Gasteiger partial charge in [-0.25, -0.2) is 0 Å². The normalized spacial score (nSPS) is 24.3. The average Bonchev–Trinajstić information content (AvgIpc) is 2.95. The number of Topliss-reactive ketones (excluding diaryl/α,β-unsaturated/α-hetero) is 1. The Hall–Kier alpha value is -0.800. The van der Waals surface area contributed by atoms with E-state index in [1.54, 1.807) is 0 Å². The Morgan fingerprint density at radius 1 is 1.29 bits per heavy atom. The number of ketones is 1. The highest BCUT2D eigenvalue weighted by Crippen LogP contribution is 2.42. The molecule has 3 rings (SSSR count). The largest absolute Gasteiger partial charge is 0.375 e. The van der Waals surface area contributed by atoms with E-state index in [1.807, 2.05) is 23.9 Å². The minimum Gasteiger partial charge on any atom is -0.375 e. The molecule has 0 N–H and O–H groups in total. The molecule has 1 heterocycles. The predicted molar refractivity (Wildman–Crippen MR) is 87.0 cm³/mol. The van der Waals surface area contributed by atoms with Crippen molar-refractivity contribution in [3.63, 3.8) is 0 Å². The van der Waals surface area contributed by atoms with Crippen molar-refractivity contribution >= 4 is 17.5 Å². The first-order valence-corrected chi connectivity index (χ1v) is 9.12. The van der Waals surface area contributed by atoms with E-state index in [1.165, 1.54) is 17.7 Å². The van der Waals surface area contributed by atoms with Crippen molar-refractivity contribution in [2.45, 2.75) is 55.9 Å². The summed E-state index contributed by atoms with van der Waals surface area (Å²) in [5.41, 5.74) is 0.895. The molecule has 21 heavy (non-hydrogen) atoms. The molecule has 1 aromatic carbocycles. The summed E-state index contributed by atoms with van der Waals surface area (Å²) in [6, 6.07) is 8.15. The first-order valence-electron chi connectivity index (χ1n) is 8.13. The molecule has 1 saturated carbocycles. The Bertz CT molecular complexity index is 488. The van der Waals surface area contributed by atoms with Crippen LogP contribution in [-0.2, 0) is 4.74 Å². The second kappa shape index (κ2) is 6.53. The van der Waals surface area contributed by atoms with E-state index in [2.05, 4.69) is 19.1 Å². The molecule has 3 heteroatoms. The third-order valence-corrected chi connectivity index (χ3v) is 5.72. The van der Waals surface area contributed by atoms with Gasteiger partial charge in [0.1, 0.15) is 0 Å². The molecular weight excluding hydrogens is 280 g/mol. The van der Waals surface area contributed by atoms with Crippen molar-refractivity contribution < 1.29 is 9.53 Å². The van der Waals surface area contributed by atoms with Crippen LogP contribution in [0.3, 0.4) is 0 Å². The van der Waals surface area contributed by atoms with Gasteiger partial charge in [0.15, 0.2) is 5.78 Å². The fourth-order valence-corrected chi connectivity index (χ4v) is 4.40. The zero-order valence-corrected chi connectivity index (χ0v) is 13.6. The fraction of sp³-hybridized carbons (Fsp3) is 0.611. The molecule has 2 aliphatic rings. The molecular formula is C18H24O2S. The highest BCUT2D eigenvalue weighted by molar-refractivity contribution is 7.99. The monoisotopic (exact) mass is 304 g/mol. The van der Waals surface area contributed by atoms with Gasteiger partial charge >= 0.3 is 0 Å². The highest BCUT2D eigenvalue weighted by atomic mass is 32.2. The third kappa shape index (κ3) is 3.35. The van der Waals surface area contributed by atoms with Gasteiger partial charge in [-0.2, -0.15) is 0 Å². The van der Waals surface area contributed by atoms with Crippen LogP contribution in [0, 0.1) is 5.92 Å². The fourth-order valence-electron chi connectivity index (χ4n) is 3.74. The van der Waals surface area contributed by atoms with Gasteiger partial charge < -0.3 is 4.74 Å². The molecule has 0 aromatic heterocycles. The van der Waals surface area contributed by atoms with E-state index in [0.29, 0.717) is 5.78 Å². The van der Waals surface area contributed by atoms with E-state index in [9.17, 15) is 4.79 Å². The van der Waals surface area contributed by atoms with Gasteiger partial charge in [0.2, 0.25) is 0 Å². The van der Waals surface area contributed by atoms with E-state index in [4.69, 9.17) is 4.74 Å². The molecule has 0 bridgehead atoms. The highest BCUT2D eigenvalue weighted by Gasteiger charge is 2.41. The zero-order valence-electron chi connectivity index (χ0n) is 12.8. The van der Waals surface area contributed by atoms with Gasteiger partial charge in [-0.1, -0.05) is 31.9 Å². The van der Waals surface area contributed by atoms with Gasteiger partial charge in [0.05, 0.1) is 5.60 Å². The van der Waals surface area contributed by atoms with Gasteiger partial charge in [-0.3, -0.25) is 4.79 Å². The first-order chi connectivity index (χ1) is 10.2. The topological polar surface area (TPSA) is 26.3 Å². The third-order valence-electron chi connectivity index (χ3n) is 4.83. The van der Waals surface area contributed by atoms with Gasteiger partial charge in [-0.05, 0) is 43.6 Å². The van der Waals surface area contributed by atoms with Gasteiger partial charge in [0.25, 0.3) is 0 Å². The number of carbonyl (C=O) groups excluding carboxylic acids is 1. The first kappa shape index (κ1) is 15.1. The van der Waals surface area contributed by atoms with Crippen molar-refractivity contribution in [3.8, 4) is 0 Å². The maximum absolute atomic E-state index is 12.7. The Kier molecular flexibility index (Phi) is 4.70. The summed E-state index contributed by atoms with van der Waals surface area (Å²) in [5.74, 6) is 1.54. The van der Waals surface area contributed by atoms with Crippen LogP contribution in [0.15, 0.2) is 29.2 Å². The zero-order chi connectivity index (χ0) is 14.7. The lowest BCUT2D eigenvalue weighted by Gasteiger charge is -2.37. The minimum absolute atomic E-state index is 0.0244. The summed E-state index contributed by atoms with van der Waals surface area (Å²) in [4.78, 5) is 14.0. The standard InChI is InChI=1S/C18H24O2S/c1-2-21-16-7-5-14(6-8-16)17(19)15-9-12-20-18(13-15)10-3-4-11-18/h5-8,15H,2-4,9-13H2,1H3. The maximum Gasteiger partial charge on any atom is 0.166 e. The summed E-state index contributed by atoms with van der Waals surface area (Å²) in [7, 11) is 0. The quantitative estimate of drug-likeness (QED) is 0.594. The lowest BCUT2D eigenvalue weighted by molar-refractivity contribution is -0.0866. The number of thioether (sulfide) groups is 1. The summed E-state index contributed by atoms with van der Waals surface area (Å²) in [6.45, 7) is 2.90. The molecule has 2 fully saturated rings. The number of ether oxygens (including phenoxy) is 1. The van der Waals surface area contributed by atoms with Gasteiger partial charge in [0, 0.05) is 23.0 Å². The molecule has 1 aromatic rings. The van der Waals surface area contributed by atoms with Crippen LogP contribution in [0.5, 0.6) is 0 Å². The molecule has 0 amide bonds. The van der Waals surface area contributed by atoms with Gasteiger partial charge in [-0.15, -0.1) is 11.8 Å². The Morgan fingerprint density at radius 2 is 2.00 bits per heavy atom. The number of benzene rings is 1. The predicted octanol–water partition coefficient (Wildman–Crippen LogP) is 4.72. The van der Waals surface area contributed by atoms with E-state index in [-0.39, 0.29) is 11.5 Å². The molecule has 1 atom stereocenters.